The zero-order chi connectivity index (χ0) is 33.0. The van der Waals surface area contributed by atoms with Crippen LogP contribution in [0.1, 0.15) is 34.7 Å². The van der Waals surface area contributed by atoms with Crippen LogP contribution in [0.15, 0.2) is 152 Å². The van der Waals surface area contributed by atoms with Crippen molar-refractivity contribution in [3.05, 3.63) is 179 Å². The van der Waals surface area contributed by atoms with Crippen molar-refractivity contribution in [1.82, 2.24) is 0 Å². The first-order valence-corrected chi connectivity index (χ1v) is 16.5. The topological polar surface area (TPSA) is 63.2 Å². The molecule has 5 aromatic carbocycles. The molecular weight excluding hydrogens is 600 g/mol. The van der Waals surface area contributed by atoms with E-state index in [4.69, 9.17) is 23.7 Å². The third-order valence-corrected chi connectivity index (χ3v) is 8.77. The number of rotatable bonds is 15. The Balaban J connectivity index is 1.41. The highest BCUT2D eigenvalue weighted by atomic mass is 16.6. The molecule has 1 heterocycles. The normalized spacial score (nSPS) is 22.1. The van der Waals surface area contributed by atoms with Crippen molar-refractivity contribution in [2.45, 2.75) is 69.5 Å². The summed E-state index contributed by atoms with van der Waals surface area (Å²) in [6, 6.07) is 49.4. The lowest BCUT2D eigenvalue weighted by Crippen LogP contribution is -2.65. The lowest BCUT2D eigenvalue weighted by Gasteiger charge is -2.50. The van der Waals surface area contributed by atoms with E-state index in [0.29, 0.717) is 18.8 Å². The van der Waals surface area contributed by atoms with Gasteiger partial charge in [-0.2, -0.15) is 0 Å². The van der Waals surface area contributed by atoms with Gasteiger partial charge in [-0.3, -0.25) is 4.79 Å². The molecule has 0 unspecified atom stereocenters. The second kappa shape index (κ2) is 16.6. The first-order valence-electron chi connectivity index (χ1n) is 16.5. The molecule has 0 bridgehead atoms. The van der Waals surface area contributed by atoms with Gasteiger partial charge in [0.1, 0.15) is 24.4 Å². The molecule has 5 aromatic rings. The average molecular weight is 643 g/mol. The Morgan fingerprint density at radius 1 is 0.521 bits per heavy atom. The highest BCUT2D eigenvalue weighted by molar-refractivity contribution is 5.68. The van der Waals surface area contributed by atoms with Gasteiger partial charge in [-0.15, -0.1) is 0 Å². The minimum Gasteiger partial charge on any atom is -0.368 e. The molecule has 0 spiro atoms. The third-order valence-electron chi connectivity index (χ3n) is 8.77. The van der Waals surface area contributed by atoms with E-state index in [1.807, 2.05) is 159 Å². The van der Waals surface area contributed by atoms with Crippen LogP contribution in [0.25, 0.3) is 0 Å². The van der Waals surface area contributed by atoms with Crippen LogP contribution in [-0.4, -0.2) is 36.8 Å². The van der Waals surface area contributed by atoms with E-state index in [1.165, 1.54) is 0 Å². The fourth-order valence-electron chi connectivity index (χ4n) is 6.23. The van der Waals surface area contributed by atoms with Crippen molar-refractivity contribution in [2.24, 2.45) is 0 Å². The van der Waals surface area contributed by atoms with Crippen LogP contribution < -0.4 is 0 Å². The van der Waals surface area contributed by atoms with Crippen molar-refractivity contribution < 1.29 is 28.5 Å². The zero-order valence-electron chi connectivity index (χ0n) is 27.2. The number of carbonyl (C=O) groups is 1. The maximum atomic E-state index is 13.6. The van der Waals surface area contributed by atoms with Crippen LogP contribution in [-0.2, 0) is 60.5 Å². The number of benzene rings is 5. The van der Waals surface area contributed by atoms with Crippen molar-refractivity contribution in [1.29, 1.82) is 0 Å². The molecule has 6 heteroatoms. The van der Waals surface area contributed by atoms with Crippen LogP contribution in [0.4, 0.5) is 0 Å². The maximum Gasteiger partial charge on any atom is 0.177 e. The Labute approximate surface area is 283 Å². The Morgan fingerprint density at radius 2 is 0.896 bits per heavy atom. The predicted octanol–water partition coefficient (Wildman–Crippen LogP) is 7.84. The fraction of sp³-hybridized carbons (Fsp3) is 0.262. The number of hydrogen-bond donors (Lipinski definition) is 0. The van der Waals surface area contributed by atoms with Crippen molar-refractivity contribution >= 4 is 6.29 Å². The molecule has 0 radical (unpaired) electrons. The zero-order valence-corrected chi connectivity index (χ0v) is 27.2. The smallest absolute Gasteiger partial charge is 0.177 e. The van der Waals surface area contributed by atoms with Gasteiger partial charge >= 0.3 is 0 Å². The molecular formula is C42H42O6. The fourth-order valence-corrected chi connectivity index (χ4v) is 6.23. The third kappa shape index (κ3) is 8.16. The molecule has 0 N–H and O–H groups in total. The summed E-state index contributed by atoms with van der Waals surface area (Å²) >= 11 is 0. The SMILES string of the molecule is C[C@@H]1O[C@H]([C@](C=O)(OCc2ccccc2)c2ccccc2)[C@@H](OCc2ccccc2)[C@H](OCc2ccccc2)[C@@H]1OCc1ccccc1. The monoisotopic (exact) mass is 642 g/mol. The quantitative estimate of drug-likeness (QED) is 0.109. The van der Waals surface area contributed by atoms with Crippen LogP contribution in [0, 0.1) is 0 Å². The van der Waals surface area contributed by atoms with Gasteiger partial charge in [0.25, 0.3) is 0 Å². The molecule has 0 saturated carbocycles. The largest absolute Gasteiger partial charge is 0.368 e. The first kappa shape index (κ1) is 33.5. The van der Waals surface area contributed by atoms with E-state index in [2.05, 4.69) is 0 Å². The van der Waals surface area contributed by atoms with Crippen LogP contribution in [0.3, 0.4) is 0 Å². The van der Waals surface area contributed by atoms with E-state index < -0.39 is 36.1 Å². The number of hydrogen-bond acceptors (Lipinski definition) is 6. The molecule has 0 aromatic heterocycles. The molecule has 246 valence electrons. The summed E-state index contributed by atoms with van der Waals surface area (Å²) < 4.78 is 33.9. The maximum absolute atomic E-state index is 13.6. The Bertz CT molecular complexity index is 1650. The first-order chi connectivity index (χ1) is 23.7. The summed E-state index contributed by atoms with van der Waals surface area (Å²) in [4.78, 5) is 13.6. The van der Waals surface area contributed by atoms with Crippen LogP contribution in [0.2, 0.25) is 0 Å². The molecule has 48 heavy (non-hydrogen) atoms. The predicted molar refractivity (Wildman–Crippen MR) is 185 cm³/mol. The molecule has 6 rings (SSSR count). The summed E-state index contributed by atoms with van der Waals surface area (Å²) in [5.41, 5.74) is 3.12. The lowest BCUT2D eigenvalue weighted by atomic mass is 9.80. The minimum atomic E-state index is -1.52. The molecule has 1 aliphatic heterocycles. The second-order valence-electron chi connectivity index (χ2n) is 12.1. The van der Waals surface area contributed by atoms with Gasteiger partial charge in [-0.1, -0.05) is 152 Å². The number of ether oxygens (including phenoxy) is 5. The molecule has 1 aliphatic rings. The van der Waals surface area contributed by atoms with E-state index in [-0.39, 0.29) is 13.2 Å². The summed E-state index contributed by atoms with van der Waals surface area (Å²) in [6.45, 7) is 3.12. The van der Waals surface area contributed by atoms with Gasteiger partial charge < -0.3 is 23.7 Å². The van der Waals surface area contributed by atoms with Gasteiger partial charge in [0.05, 0.1) is 32.5 Å². The van der Waals surface area contributed by atoms with E-state index in [0.717, 1.165) is 28.5 Å². The Morgan fingerprint density at radius 3 is 1.33 bits per heavy atom. The summed E-state index contributed by atoms with van der Waals surface area (Å²) in [5, 5.41) is 0. The summed E-state index contributed by atoms with van der Waals surface area (Å²) in [5.74, 6) is 0. The average Bonchev–Trinajstić information content (AvgIpc) is 3.15. The standard InChI is InChI=1S/C42H42O6/c1-32-38(44-27-33-17-7-2-8-18-33)39(45-28-34-19-9-3-10-20-34)40(46-29-35-21-11-4-12-22-35)41(48-32)42(31-43,37-25-15-6-16-26-37)47-30-36-23-13-5-14-24-36/h2-26,31-32,38-41H,27-30H2,1H3/t32-,38+,39+,40-,41-,42+/m0/s1. The molecule has 0 aliphatic carbocycles. The molecule has 1 fully saturated rings. The summed E-state index contributed by atoms with van der Waals surface area (Å²) in [6.07, 6.45) is -2.38. The van der Waals surface area contributed by atoms with E-state index in [1.54, 1.807) is 0 Å². The molecule has 1 saturated heterocycles. The van der Waals surface area contributed by atoms with Gasteiger partial charge in [0.2, 0.25) is 0 Å². The lowest BCUT2D eigenvalue weighted by molar-refractivity contribution is -0.295. The number of aldehydes is 1. The molecule has 6 nitrogen and oxygen atoms in total. The number of carbonyl (C=O) groups excluding carboxylic acids is 1. The molecule has 6 atom stereocenters. The van der Waals surface area contributed by atoms with Crippen LogP contribution in [0.5, 0.6) is 0 Å². The highest BCUT2D eigenvalue weighted by Gasteiger charge is 2.56. The van der Waals surface area contributed by atoms with Crippen molar-refractivity contribution in [2.75, 3.05) is 0 Å². The summed E-state index contributed by atoms with van der Waals surface area (Å²) in [7, 11) is 0. The van der Waals surface area contributed by atoms with E-state index >= 15 is 0 Å². The van der Waals surface area contributed by atoms with Gasteiger partial charge in [0.15, 0.2) is 11.9 Å². The van der Waals surface area contributed by atoms with Gasteiger partial charge in [-0.05, 0) is 34.7 Å². The molecule has 0 amide bonds. The Kier molecular flexibility index (Phi) is 11.6. The van der Waals surface area contributed by atoms with Crippen molar-refractivity contribution in [3.63, 3.8) is 0 Å². The minimum absolute atomic E-state index is 0.192. The van der Waals surface area contributed by atoms with Crippen molar-refractivity contribution in [3.8, 4) is 0 Å². The second-order valence-corrected chi connectivity index (χ2v) is 12.1. The van der Waals surface area contributed by atoms with Crippen LogP contribution >= 0.6 is 0 Å². The van der Waals surface area contributed by atoms with Gasteiger partial charge in [-0.25, -0.2) is 0 Å². The van der Waals surface area contributed by atoms with Gasteiger partial charge in [0, 0.05) is 0 Å². The van der Waals surface area contributed by atoms with E-state index in [9.17, 15) is 4.79 Å². The highest BCUT2D eigenvalue weighted by Crippen LogP contribution is 2.41. The Hall–Kier alpha value is -4.43.